The van der Waals surface area contributed by atoms with Gasteiger partial charge in [-0.25, -0.2) is 9.67 Å². The number of aryl methyl sites for hydroxylation is 1. The van der Waals surface area contributed by atoms with Crippen LogP contribution in [0.4, 0.5) is 0 Å². The third-order valence-electron chi connectivity index (χ3n) is 3.28. The molecule has 0 aliphatic carbocycles. The normalized spacial score (nSPS) is 11.2. The Labute approximate surface area is 121 Å². The lowest BCUT2D eigenvalue weighted by molar-refractivity contribution is 0.672. The molecule has 0 atom stereocenters. The fraction of sp³-hybridized carbons (Fsp3) is 0.500. The molecule has 0 spiro atoms. The molecule has 0 unspecified atom stereocenters. The highest BCUT2D eigenvalue weighted by molar-refractivity contribution is 5.35. The Kier molecular flexibility index (Phi) is 4.90. The minimum absolute atomic E-state index is 0.439. The molecule has 0 bridgehead atoms. The van der Waals surface area contributed by atoms with Gasteiger partial charge in [0.1, 0.15) is 0 Å². The molecule has 2 rings (SSSR count). The lowest BCUT2D eigenvalue weighted by Crippen LogP contribution is -2.14. The maximum Gasteiger partial charge on any atom is 0.156 e. The fourth-order valence-electron chi connectivity index (χ4n) is 2.14. The molecule has 0 radical (unpaired) electrons. The zero-order valence-corrected chi connectivity index (χ0v) is 12.8. The molecule has 108 valence electrons. The number of hydrogen-bond donors (Lipinski definition) is 1. The Bertz CT molecular complexity index is 557. The molecule has 4 heteroatoms. The van der Waals surface area contributed by atoms with Crippen LogP contribution in [0.2, 0.25) is 0 Å². The van der Waals surface area contributed by atoms with E-state index in [2.05, 4.69) is 55.2 Å². The van der Waals surface area contributed by atoms with Crippen LogP contribution in [0.1, 0.15) is 49.9 Å². The third kappa shape index (κ3) is 3.45. The van der Waals surface area contributed by atoms with E-state index in [0.29, 0.717) is 5.92 Å². The predicted molar refractivity (Wildman–Crippen MR) is 82.2 cm³/mol. The summed E-state index contributed by atoms with van der Waals surface area (Å²) in [6.07, 6.45) is 5.07. The predicted octanol–water partition coefficient (Wildman–Crippen LogP) is 3.20. The van der Waals surface area contributed by atoms with E-state index in [0.717, 1.165) is 36.6 Å². The van der Waals surface area contributed by atoms with Crippen LogP contribution in [-0.4, -0.2) is 21.3 Å². The van der Waals surface area contributed by atoms with Gasteiger partial charge >= 0.3 is 0 Å². The Balaban J connectivity index is 2.16. The summed E-state index contributed by atoms with van der Waals surface area (Å²) in [5.41, 5.74) is 3.47. The number of nitrogens with zero attached hydrogens (tertiary/aromatic N) is 3. The fourth-order valence-corrected chi connectivity index (χ4v) is 2.14. The molecular weight excluding hydrogens is 248 g/mol. The first-order valence-corrected chi connectivity index (χ1v) is 7.34. The van der Waals surface area contributed by atoms with E-state index in [1.54, 1.807) is 0 Å². The summed E-state index contributed by atoms with van der Waals surface area (Å²) in [6, 6.07) is 4.24. The molecule has 4 nitrogen and oxygen atoms in total. The van der Waals surface area contributed by atoms with Gasteiger partial charge in [0.25, 0.3) is 0 Å². The van der Waals surface area contributed by atoms with Crippen LogP contribution in [0.25, 0.3) is 5.82 Å². The third-order valence-corrected chi connectivity index (χ3v) is 3.28. The first kappa shape index (κ1) is 14.7. The number of nitrogens with one attached hydrogen (secondary N) is 1. The van der Waals surface area contributed by atoms with Crippen LogP contribution in [0, 0.1) is 6.92 Å². The monoisotopic (exact) mass is 272 g/mol. The molecule has 0 aromatic carbocycles. The first-order valence-electron chi connectivity index (χ1n) is 7.34. The van der Waals surface area contributed by atoms with E-state index in [1.807, 2.05) is 17.1 Å². The molecule has 0 saturated heterocycles. The molecule has 2 heterocycles. The van der Waals surface area contributed by atoms with Crippen molar-refractivity contribution in [2.45, 2.75) is 46.6 Å². The molecule has 0 amide bonds. The van der Waals surface area contributed by atoms with Gasteiger partial charge in [0.15, 0.2) is 5.82 Å². The van der Waals surface area contributed by atoms with Crippen LogP contribution in [0.15, 0.2) is 24.5 Å². The van der Waals surface area contributed by atoms with Gasteiger partial charge < -0.3 is 5.32 Å². The lowest BCUT2D eigenvalue weighted by Gasteiger charge is -2.08. The Morgan fingerprint density at radius 2 is 2.15 bits per heavy atom. The summed E-state index contributed by atoms with van der Waals surface area (Å²) in [6.45, 7) is 10.5. The van der Waals surface area contributed by atoms with Gasteiger partial charge in [0.2, 0.25) is 0 Å². The summed E-state index contributed by atoms with van der Waals surface area (Å²) in [7, 11) is 0. The Hall–Kier alpha value is -1.68. The topological polar surface area (TPSA) is 42.7 Å². The molecule has 0 saturated carbocycles. The van der Waals surface area contributed by atoms with Crippen molar-refractivity contribution in [2.24, 2.45) is 0 Å². The van der Waals surface area contributed by atoms with Crippen LogP contribution < -0.4 is 5.32 Å². The lowest BCUT2D eigenvalue weighted by atomic mass is 10.1. The SMILES string of the molecule is CCCNCc1cnc(-n2ccc(C(C)C)n2)c(C)c1. The van der Waals surface area contributed by atoms with Crippen molar-refractivity contribution < 1.29 is 0 Å². The molecule has 20 heavy (non-hydrogen) atoms. The van der Waals surface area contributed by atoms with Crippen molar-refractivity contribution in [3.8, 4) is 5.82 Å². The molecule has 2 aromatic heterocycles. The van der Waals surface area contributed by atoms with Crippen molar-refractivity contribution in [1.29, 1.82) is 0 Å². The zero-order chi connectivity index (χ0) is 14.5. The van der Waals surface area contributed by atoms with Gasteiger partial charge in [-0.2, -0.15) is 5.10 Å². The van der Waals surface area contributed by atoms with Crippen molar-refractivity contribution >= 4 is 0 Å². The zero-order valence-electron chi connectivity index (χ0n) is 12.8. The molecular formula is C16H24N4. The summed E-state index contributed by atoms with van der Waals surface area (Å²) in [5, 5.41) is 7.98. The smallest absolute Gasteiger partial charge is 0.156 e. The average molecular weight is 272 g/mol. The maximum absolute atomic E-state index is 4.58. The quantitative estimate of drug-likeness (QED) is 0.821. The Morgan fingerprint density at radius 3 is 2.75 bits per heavy atom. The van der Waals surface area contributed by atoms with E-state index >= 15 is 0 Å². The van der Waals surface area contributed by atoms with Gasteiger partial charge in [-0.1, -0.05) is 20.8 Å². The Morgan fingerprint density at radius 1 is 1.35 bits per heavy atom. The standard InChI is InChI=1S/C16H24N4/c1-5-7-17-10-14-9-13(4)16(18-11-14)20-8-6-15(19-20)12(2)3/h6,8-9,11-12,17H,5,7,10H2,1-4H3. The van der Waals surface area contributed by atoms with Crippen LogP contribution in [-0.2, 0) is 6.54 Å². The molecule has 1 N–H and O–H groups in total. The van der Waals surface area contributed by atoms with Crippen LogP contribution in [0.3, 0.4) is 0 Å². The minimum atomic E-state index is 0.439. The van der Waals surface area contributed by atoms with Gasteiger partial charge in [-0.15, -0.1) is 0 Å². The van der Waals surface area contributed by atoms with Crippen molar-refractivity contribution in [3.05, 3.63) is 41.3 Å². The van der Waals surface area contributed by atoms with Crippen LogP contribution in [0.5, 0.6) is 0 Å². The molecule has 2 aromatic rings. The summed E-state index contributed by atoms with van der Waals surface area (Å²) < 4.78 is 1.87. The summed E-state index contributed by atoms with van der Waals surface area (Å²) >= 11 is 0. The second-order valence-electron chi connectivity index (χ2n) is 5.50. The summed E-state index contributed by atoms with van der Waals surface area (Å²) in [5.74, 6) is 1.35. The summed E-state index contributed by atoms with van der Waals surface area (Å²) in [4.78, 5) is 4.56. The minimum Gasteiger partial charge on any atom is -0.313 e. The molecule has 0 aliphatic rings. The second-order valence-corrected chi connectivity index (χ2v) is 5.50. The van der Waals surface area contributed by atoms with E-state index in [9.17, 15) is 0 Å². The van der Waals surface area contributed by atoms with E-state index < -0.39 is 0 Å². The number of hydrogen-bond acceptors (Lipinski definition) is 3. The largest absolute Gasteiger partial charge is 0.313 e. The van der Waals surface area contributed by atoms with Gasteiger partial charge in [0.05, 0.1) is 5.69 Å². The maximum atomic E-state index is 4.58. The first-order chi connectivity index (χ1) is 9.61. The number of aromatic nitrogens is 3. The van der Waals surface area contributed by atoms with E-state index in [4.69, 9.17) is 0 Å². The van der Waals surface area contributed by atoms with Crippen molar-refractivity contribution in [3.63, 3.8) is 0 Å². The van der Waals surface area contributed by atoms with Crippen molar-refractivity contribution in [2.75, 3.05) is 6.54 Å². The van der Waals surface area contributed by atoms with Crippen molar-refractivity contribution in [1.82, 2.24) is 20.1 Å². The number of rotatable bonds is 6. The van der Waals surface area contributed by atoms with Gasteiger partial charge in [-0.05, 0) is 49.1 Å². The highest BCUT2D eigenvalue weighted by Gasteiger charge is 2.08. The molecule has 0 aliphatic heterocycles. The van der Waals surface area contributed by atoms with Gasteiger partial charge in [0, 0.05) is 18.9 Å². The highest BCUT2D eigenvalue weighted by Crippen LogP contribution is 2.16. The van der Waals surface area contributed by atoms with E-state index in [-0.39, 0.29) is 0 Å². The van der Waals surface area contributed by atoms with E-state index in [1.165, 1.54) is 5.56 Å². The average Bonchev–Trinajstić information content (AvgIpc) is 2.89. The number of pyridine rings is 1. The second kappa shape index (κ2) is 6.66. The van der Waals surface area contributed by atoms with Gasteiger partial charge in [-0.3, -0.25) is 0 Å². The molecule has 0 fully saturated rings. The van der Waals surface area contributed by atoms with Crippen LogP contribution >= 0.6 is 0 Å². The highest BCUT2D eigenvalue weighted by atomic mass is 15.3.